The molecule has 1 heteroatoms. The second kappa shape index (κ2) is 5.10. The topological polar surface area (TPSA) is 9.23 Å². The van der Waals surface area contributed by atoms with Gasteiger partial charge in [0.2, 0.25) is 0 Å². The Morgan fingerprint density at radius 2 is 1.90 bits per heavy atom. The number of methoxy groups -OCH3 is 1. The van der Waals surface area contributed by atoms with Gasteiger partial charge in [-0.1, -0.05) is 18.6 Å². The molecule has 0 amide bonds. The first-order chi connectivity index (χ1) is 4.70. The van der Waals surface area contributed by atoms with E-state index in [1.807, 2.05) is 13.0 Å². The maximum absolute atomic E-state index is 4.96. The molecule has 0 aromatic carbocycles. The van der Waals surface area contributed by atoms with Crippen LogP contribution in [0.3, 0.4) is 0 Å². The van der Waals surface area contributed by atoms with Gasteiger partial charge in [-0.05, 0) is 26.3 Å². The van der Waals surface area contributed by atoms with Crippen LogP contribution in [-0.2, 0) is 4.74 Å². The lowest BCUT2D eigenvalue weighted by molar-refractivity contribution is 0.293. The summed E-state index contributed by atoms with van der Waals surface area (Å²) in [6.45, 7) is 6.20. The Kier molecular flexibility index (Phi) is 4.73. The molecule has 0 unspecified atom stereocenters. The molecular formula is C9H16O. The predicted molar refractivity (Wildman–Crippen MR) is 44.8 cm³/mol. The Morgan fingerprint density at radius 3 is 2.30 bits per heavy atom. The fourth-order valence-electron chi connectivity index (χ4n) is 0.446. The van der Waals surface area contributed by atoms with Crippen molar-refractivity contribution in [2.75, 3.05) is 7.11 Å². The minimum Gasteiger partial charge on any atom is -0.501 e. The van der Waals surface area contributed by atoms with Gasteiger partial charge in [0.05, 0.1) is 12.9 Å². The molecule has 0 aliphatic carbocycles. The van der Waals surface area contributed by atoms with Gasteiger partial charge in [0.1, 0.15) is 0 Å². The highest BCUT2D eigenvalue weighted by atomic mass is 16.5. The van der Waals surface area contributed by atoms with Crippen molar-refractivity contribution in [2.45, 2.75) is 27.2 Å². The van der Waals surface area contributed by atoms with Crippen molar-refractivity contribution < 1.29 is 4.74 Å². The van der Waals surface area contributed by atoms with Crippen molar-refractivity contribution in [3.63, 3.8) is 0 Å². The Bertz CT molecular complexity index is 125. The van der Waals surface area contributed by atoms with Crippen LogP contribution < -0.4 is 0 Å². The smallest absolute Gasteiger partial charge is 0.0924 e. The van der Waals surface area contributed by atoms with Crippen LogP contribution >= 0.6 is 0 Å². The Labute approximate surface area is 63.4 Å². The summed E-state index contributed by atoms with van der Waals surface area (Å²) in [6, 6.07) is 0. The normalized spacial score (nSPS) is 13.6. The molecule has 10 heavy (non-hydrogen) atoms. The van der Waals surface area contributed by atoms with Crippen LogP contribution in [-0.4, -0.2) is 7.11 Å². The van der Waals surface area contributed by atoms with E-state index in [0.717, 1.165) is 12.2 Å². The van der Waals surface area contributed by atoms with Crippen LogP contribution in [0.15, 0.2) is 23.5 Å². The van der Waals surface area contributed by atoms with Crippen LogP contribution in [0.1, 0.15) is 27.2 Å². The molecule has 0 bridgehead atoms. The average Bonchev–Trinajstić information content (AvgIpc) is 1.99. The van der Waals surface area contributed by atoms with Crippen molar-refractivity contribution in [2.24, 2.45) is 0 Å². The van der Waals surface area contributed by atoms with Gasteiger partial charge in [-0.2, -0.15) is 0 Å². The van der Waals surface area contributed by atoms with E-state index in [-0.39, 0.29) is 0 Å². The highest BCUT2D eigenvalue weighted by Gasteiger charge is 1.82. The largest absolute Gasteiger partial charge is 0.501 e. The van der Waals surface area contributed by atoms with Crippen molar-refractivity contribution in [3.05, 3.63) is 23.5 Å². The lowest BCUT2D eigenvalue weighted by Crippen LogP contribution is -1.77. The molecule has 58 valence electrons. The maximum atomic E-state index is 4.96. The summed E-state index contributed by atoms with van der Waals surface area (Å²) in [5.41, 5.74) is 1.37. The van der Waals surface area contributed by atoms with Crippen LogP contribution in [0.25, 0.3) is 0 Å². The second-order valence-electron chi connectivity index (χ2n) is 2.35. The zero-order valence-corrected chi connectivity index (χ0v) is 7.27. The Balaban J connectivity index is 3.91. The van der Waals surface area contributed by atoms with E-state index < -0.39 is 0 Å². The van der Waals surface area contributed by atoms with E-state index in [9.17, 15) is 0 Å². The van der Waals surface area contributed by atoms with Gasteiger partial charge in [-0.3, -0.25) is 0 Å². The molecule has 0 aromatic heterocycles. The zero-order valence-electron chi connectivity index (χ0n) is 7.27. The summed E-state index contributed by atoms with van der Waals surface area (Å²) in [5, 5.41) is 0. The van der Waals surface area contributed by atoms with Gasteiger partial charge < -0.3 is 4.74 Å². The molecule has 0 spiro atoms. The van der Waals surface area contributed by atoms with Crippen molar-refractivity contribution >= 4 is 0 Å². The first-order valence-corrected chi connectivity index (χ1v) is 3.58. The van der Waals surface area contributed by atoms with Gasteiger partial charge in [0.25, 0.3) is 0 Å². The van der Waals surface area contributed by atoms with Crippen molar-refractivity contribution in [1.29, 1.82) is 0 Å². The third-order valence-electron chi connectivity index (χ3n) is 1.48. The van der Waals surface area contributed by atoms with Crippen molar-refractivity contribution in [1.82, 2.24) is 0 Å². The number of rotatable bonds is 3. The summed E-state index contributed by atoms with van der Waals surface area (Å²) in [4.78, 5) is 0. The number of hydrogen-bond donors (Lipinski definition) is 0. The molecule has 0 atom stereocenters. The fraction of sp³-hybridized carbons (Fsp3) is 0.556. The van der Waals surface area contributed by atoms with Crippen LogP contribution in [0, 0.1) is 0 Å². The molecule has 0 heterocycles. The zero-order chi connectivity index (χ0) is 7.98. The van der Waals surface area contributed by atoms with E-state index in [2.05, 4.69) is 19.9 Å². The number of allylic oxidation sites excluding steroid dienone is 4. The maximum Gasteiger partial charge on any atom is 0.0924 e. The van der Waals surface area contributed by atoms with E-state index >= 15 is 0 Å². The summed E-state index contributed by atoms with van der Waals surface area (Å²) in [5.74, 6) is 0.952. The molecule has 0 saturated heterocycles. The molecule has 0 rings (SSSR count). The monoisotopic (exact) mass is 140 g/mol. The van der Waals surface area contributed by atoms with Gasteiger partial charge in [0.15, 0.2) is 0 Å². The summed E-state index contributed by atoms with van der Waals surface area (Å²) >= 11 is 0. The van der Waals surface area contributed by atoms with Crippen LogP contribution in [0.5, 0.6) is 0 Å². The predicted octanol–water partition coefficient (Wildman–Crippen LogP) is 2.89. The van der Waals surface area contributed by atoms with Gasteiger partial charge in [-0.15, -0.1) is 0 Å². The van der Waals surface area contributed by atoms with Gasteiger partial charge in [0, 0.05) is 0 Å². The molecule has 0 saturated carbocycles. The quantitative estimate of drug-likeness (QED) is 0.432. The lowest BCUT2D eigenvalue weighted by atomic mass is 10.2. The molecule has 0 fully saturated rings. The third kappa shape index (κ3) is 4.19. The highest BCUT2D eigenvalue weighted by Crippen LogP contribution is 2.00. The second-order valence-corrected chi connectivity index (χ2v) is 2.35. The molecular weight excluding hydrogens is 124 g/mol. The molecule has 0 aliphatic rings. The molecule has 0 aliphatic heterocycles. The summed E-state index contributed by atoms with van der Waals surface area (Å²) < 4.78 is 4.96. The Morgan fingerprint density at radius 1 is 1.30 bits per heavy atom. The average molecular weight is 140 g/mol. The first kappa shape index (κ1) is 9.28. The van der Waals surface area contributed by atoms with Crippen LogP contribution in [0.2, 0.25) is 0 Å². The SMILES string of the molecule is CC/C(C)=C/C=C(\C)OC. The number of hydrogen-bond acceptors (Lipinski definition) is 1. The lowest BCUT2D eigenvalue weighted by Gasteiger charge is -1.95. The van der Waals surface area contributed by atoms with E-state index in [4.69, 9.17) is 4.74 Å². The molecule has 1 nitrogen and oxygen atoms in total. The molecule has 0 aromatic rings. The van der Waals surface area contributed by atoms with Crippen molar-refractivity contribution in [3.8, 4) is 0 Å². The van der Waals surface area contributed by atoms with Gasteiger partial charge in [-0.25, -0.2) is 0 Å². The molecule has 0 radical (unpaired) electrons. The minimum absolute atomic E-state index is 0.952. The number of ether oxygens (including phenoxy) is 1. The van der Waals surface area contributed by atoms with E-state index in [1.54, 1.807) is 7.11 Å². The van der Waals surface area contributed by atoms with E-state index in [1.165, 1.54) is 5.57 Å². The minimum atomic E-state index is 0.952. The van der Waals surface area contributed by atoms with Crippen LogP contribution in [0.4, 0.5) is 0 Å². The first-order valence-electron chi connectivity index (χ1n) is 3.58. The summed E-state index contributed by atoms with van der Waals surface area (Å²) in [7, 11) is 1.68. The van der Waals surface area contributed by atoms with Gasteiger partial charge >= 0.3 is 0 Å². The fourth-order valence-corrected chi connectivity index (χ4v) is 0.446. The molecule has 0 N–H and O–H groups in total. The highest BCUT2D eigenvalue weighted by molar-refractivity contribution is 5.11. The standard InChI is InChI=1S/C9H16O/c1-5-8(2)6-7-9(3)10-4/h6-7H,5H2,1-4H3/b8-6+,9-7+. The van der Waals surface area contributed by atoms with E-state index in [0.29, 0.717) is 0 Å². The third-order valence-corrected chi connectivity index (χ3v) is 1.48. The summed E-state index contributed by atoms with van der Waals surface area (Å²) in [6.07, 6.45) is 5.17. The Hall–Kier alpha value is -0.720.